The molecule has 0 radical (unpaired) electrons. The molecule has 2 aromatic rings. The van der Waals surface area contributed by atoms with E-state index in [9.17, 15) is 4.39 Å². The van der Waals surface area contributed by atoms with Gasteiger partial charge in [0.25, 0.3) is 0 Å². The molecule has 6 heteroatoms. The zero-order valence-corrected chi connectivity index (χ0v) is 12.6. The molecule has 106 valence electrons. The second-order valence-corrected chi connectivity index (χ2v) is 5.03. The maximum atomic E-state index is 13.8. The Hall–Kier alpha value is -1.39. The van der Waals surface area contributed by atoms with E-state index in [4.69, 9.17) is 27.9 Å². The summed E-state index contributed by atoms with van der Waals surface area (Å²) < 4.78 is 19.3. The zero-order chi connectivity index (χ0) is 14.7. The van der Waals surface area contributed by atoms with Gasteiger partial charge in [-0.05, 0) is 25.5 Å². The predicted octanol–water partition coefficient (Wildman–Crippen LogP) is 4.98. The fourth-order valence-corrected chi connectivity index (χ4v) is 1.96. The lowest BCUT2D eigenvalue weighted by atomic mass is 10.3. The number of benzene rings is 1. The molecule has 0 saturated carbocycles. The molecule has 0 spiro atoms. The lowest BCUT2D eigenvalue weighted by molar-refractivity contribution is 0.421. The first-order valence-corrected chi connectivity index (χ1v) is 6.93. The number of nitrogens with zero attached hydrogens (tertiary/aromatic N) is 2. The highest BCUT2D eigenvalue weighted by atomic mass is 35.5. The third-order valence-corrected chi connectivity index (χ3v) is 3.34. The number of hydrogen-bond donors (Lipinski definition) is 0. The van der Waals surface area contributed by atoms with Crippen LogP contribution < -0.4 is 4.74 Å². The average Bonchev–Trinajstić information content (AvgIpc) is 2.41. The van der Waals surface area contributed by atoms with Gasteiger partial charge in [0.15, 0.2) is 11.6 Å². The zero-order valence-electron chi connectivity index (χ0n) is 11.1. The van der Waals surface area contributed by atoms with Crippen LogP contribution in [0.3, 0.4) is 0 Å². The topological polar surface area (TPSA) is 35.0 Å². The number of aryl methyl sites for hydroxylation is 1. The molecule has 0 fully saturated rings. The molecule has 0 atom stereocenters. The molecule has 0 aliphatic heterocycles. The molecule has 1 aromatic heterocycles. The summed E-state index contributed by atoms with van der Waals surface area (Å²) in [5.74, 6) is 0.202. The van der Waals surface area contributed by atoms with Crippen molar-refractivity contribution in [3.05, 3.63) is 45.6 Å². The van der Waals surface area contributed by atoms with Gasteiger partial charge in [-0.25, -0.2) is 9.37 Å². The summed E-state index contributed by atoms with van der Waals surface area (Å²) in [5, 5.41) is 0.301. The van der Waals surface area contributed by atoms with Gasteiger partial charge in [0.2, 0.25) is 5.88 Å². The smallest absolute Gasteiger partial charge is 0.227 e. The van der Waals surface area contributed by atoms with Crippen molar-refractivity contribution in [2.45, 2.75) is 26.7 Å². The van der Waals surface area contributed by atoms with Crippen molar-refractivity contribution in [1.82, 2.24) is 9.97 Å². The SMILES string of the molecule is CCCc1nc(Cl)c(C)c(Oc2cccc(Cl)c2F)n1. The summed E-state index contributed by atoms with van der Waals surface area (Å²) in [7, 11) is 0. The van der Waals surface area contributed by atoms with E-state index >= 15 is 0 Å². The quantitative estimate of drug-likeness (QED) is 0.747. The van der Waals surface area contributed by atoms with Crippen molar-refractivity contribution in [2.75, 3.05) is 0 Å². The lowest BCUT2D eigenvalue weighted by Gasteiger charge is -2.11. The molecular weight excluding hydrogens is 302 g/mol. The molecule has 1 heterocycles. The Balaban J connectivity index is 2.39. The van der Waals surface area contributed by atoms with Crippen LogP contribution in [0.5, 0.6) is 11.6 Å². The molecular formula is C14H13Cl2FN2O. The summed E-state index contributed by atoms with van der Waals surface area (Å²) in [6.45, 7) is 3.73. The Morgan fingerprint density at radius 3 is 2.70 bits per heavy atom. The maximum absolute atomic E-state index is 13.8. The van der Waals surface area contributed by atoms with E-state index in [2.05, 4.69) is 9.97 Å². The first-order valence-electron chi connectivity index (χ1n) is 6.17. The molecule has 2 rings (SSSR count). The first kappa shape index (κ1) is 15.0. The summed E-state index contributed by atoms with van der Waals surface area (Å²) in [4.78, 5) is 8.42. The van der Waals surface area contributed by atoms with Gasteiger partial charge in [-0.1, -0.05) is 36.2 Å². The van der Waals surface area contributed by atoms with Crippen molar-refractivity contribution >= 4 is 23.2 Å². The molecule has 0 aliphatic carbocycles. The van der Waals surface area contributed by atoms with Crippen LogP contribution in [0, 0.1) is 12.7 Å². The first-order chi connectivity index (χ1) is 9.52. The van der Waals surface area contributed by atoms with Gasteiger partial charge in [-0.2, -0.15) is 4.98 Å². The van der Waals surface area contributed by atoms with Crippen molar-refractivity contribution in [2.24, 2.45) is 0 Å². The van der Waals surface area contributed by atoms with Crippen LogP contribution in [0.25, 0.3) is 0 Å². The van der Waals surface area contributed by atoms with Gasteiger partial charge < -0.3 is 4.74 Å². The highest BCUT2D eigenvalue weighted by Crippen LogP contribution is 2.31. The van der Waals surface area contributed by atoms with E-state index in [1.54, 1.807) is 13.0 Å². The number of hydrogen-bond acceptors (Lipinski definition) is 3. The van der Waals surface area contributed by atoms with E-state index in [0.717, 1.165) is 6.42 Å². The standard InChI is InChI=1S/C14H13Cl2FN2O/c1-3-5-11-18-13(16)8(2)14(19-11)20-10-7-4-6-9(15)12(10)17/h4,6-7H,3,5H2,1-2H3. The number of rotatable bonds is 4. The van der Waals surface area contributed by atoms with Crippen LogP contribution in [-0.4, -0.2) is 9.97 Å². The highest BCUT2D eigenvalue weighted by molar-refractivity contribution is 6.31. The molecule has 0 N–H and O–H groups in total. The largest absolute Gasteiger partial charge is 0.435 e. The van der Waals surface area contributed by atoms with Crippen molar-refractivity contribution < 1.29 is 9.13 Å². The lowest BCUT2D eigenvalue weighted by Crippen LogP contribution is -2.01. The summed E-state index contributed by atoms with van der Waals surface area (Å²) in [5.41, 5.74) is 0.561. The third kappa shape index (κ3) is 3.19. The Morgan fingerprint density at radius 1 is 1.25 bits per heavy atom. The van der Waals surface area contributed by atoms with E-state index < -0.39 is 5.82 Å². The number of halogens is 3. The van der Waals surface area contributed by atoms with Gasteiger partial charge in [0.1, 0.15) is 11.0 Å². The Bertz CT molecular complexity index is 635. The van der Waals surface area contributed by atoms with Gasteiger partial charge >= 0.3 is 0 Å². The van der Waals surface area contributed by atoms with Crippen molar-refractivity contribution in [3.8, 4) is 11.6 Å². The molecule has 0 saturated heterocycles. The van der Waals surface area contributed by atoms with E-state index in [0.29, 0.717) is 23.0 Å². The molecule has 3 nitrogen and oxygen atoms in total. The summed E-state index contributed by atoms with van der Waals surface area (Å²) in [6.07, 6.45) is 1.55. The molecule has 1 aromatic carbocycles. The molecule has 0 bridgehead atoms. The Labute approximate surface area is 126 Å². The fourth-order valence-electron chi connectivity index (χ4n) is 1.61. The second-order valence-electron chi connectivity index (χ2n) is 4.26. The van der Waals surface area contributed by atoms with Gasteiger partial charge in [-0.15, -0.1) is 0 Å². The molecule has 0 aliphatic rings. The fraction of sp³-hybridized carbons (Fsp3) is 0.286. The summed E-state index contributed by atoms with van der Waals surface area (Å²) in [6, 6.07) is 4.54. The molecule has 0 unspecified atom stereocenters. The van der Waals surface area contributed by atoms with Crippen LogP contribution in [0.4, 0.5) is 4.39 Å². The van der Waals surface area contributed by atoms with Crippen LogP contribution in [0.15, 0.2) is 18.2 Å². The maximum Gasteiger partial charge on any atom is 0.227 e. The van der Waals surface area contributed by atoms with E-state index in [1.807, 2.05) is 6.92 Å². The Kier molecular flexibility index (Phi) is 4.78. The van der Waals surface area contributed by atoms with Crippen LogP contribution in [0.1, 0.15) is 24.7 Å². The van der Waals surface area contributed by atoms with E-state index in [1.165, 1.54) is 12.1 Å². The van der Waals surface area contributed by atoms with Crippen LogP contribution in [-0.2, 0) is 6.42 Å². The van der Waals surface area contributed by atoms with Crippen molar-refractivity contribution in [1.29, 1.82) is 0 Å². The number of aromatic nitrogens is 2. The molecule has 20 heavy (non-hydrogen) atoms. The minimum Gasteiger partial charge on any atom is -0.435 e. The minimum absolute atomic E-state index is 0.00547. The minimum atomic E-state index is -0.625. The second kappa shape index (κ2) is 6.37. The summed E-state index contributed by atoms with van der Waals surface area (Å²) >= 11 is 11.8. The average molecular weight is 315 g/mol. The van der Waals surface area contributed by atoms with Gasteiger partial charge in [-0.3, -0.25) is 0 Å². The molecule has 0 amide bonds. The predicted molar refractivity (Wildman–Crippen MR) is 77.3 cm³/mol. The highest BCUT2D eigenvalue weighted by Gasteiger charge is 2.14. The van der Waals surface area contributed by atoms with Crippen LogP contribution in [0.2, 0.25) is 10.2 Å². The normalized spacial score (nSPS) is 10.7. The monoisotopic (exact) mass is 314 g/mol. The Morgan fingerprint density at radius 2 is 2.00 bits per heavy atom. The third-order valence-electron chi connectivity index (χ3n) is 2.68. The number of ether oxygens (including phenoxy) is 1. The van der Waals surface area contributed by atoms with Crippen molar-refractivity contribution in [3.63, 3.8) is 0 Å². The van der Waals surface area contributed by atoms with Gasteiger partial charge in [0.05, 0.1) is 5.02 Å². The van der Waals surface area contributed by atoms with Crippen LogP contribution >= 0.6 is 23.2 Å². The van der Waals surface area contributed by atoms with E-state index in [-0.39, 0.29) is 16.7 Å². The van der Waals surface area contributed by atoms with Gasteiger partial charge in [0, 0.05) is 12.0 Å².